The molecule has 0 saturated heterocycles. The molecule has 0 atom stereocenters. The van der Waals surface area contributed by atoms with Crippen LogP contribution in [0, 0.1) is 5.82 Å². The second-order valence-electron chi connectivity index (χ2n) is 4.70. The van der Waals surface area contributed by atoms with E-state index >= 15 is 0 Å². The molecule has 0 N–H and O–H groups in total. The van der Waals surface area contributed by atoms with E-state index in [0.29, 0.717) is 18.2 Å². The summed E-state index contributed by atoms with van der Waals surface area (Å²) in [6.07, 6.45) is 1.42. The van der Waals surface area contributed by atoms with E-state index in [-0.39, 0.29) is 16.6 Å². The van der Waals surface area contributed by atoms with Crippen molar-refractivity contribution in [2.75, 3.05) is 7.11 Å². The lowest BCUT2D eigenvalue weighted by molar-refractivity contribution is -0.143. The minimum atomic E-state index is -0.643. The van der Waals surface area contributed by atoms with E-state index in [1.807, 2.05) is 0 Å². The molecule has 1 fully saturated rings. The van der Waals surface area contributed by atoms with E-state index in [2.05, 4.69) is 4.98 Å². The minimum Gasteiger partial charge on any atom is -0.468 e. The fourth-order valence-corrected chi connectivity index (χ4v) is 2.63. The molecule has 1 saturated carbocycles. The number of esters is 1. The normalized spacial score (nSPS) is 16.4. The van der Waals surface area contributed by atoms with Crippen LogP contribution in [-0.4, -0.2) is 18.1 Å². The van der Waals surface area contributed by atoms with Crippen LogP contribution < -0.4 is 0 Å². The molecule has 0 unspecified atom stereocenters. The Balaban J connectivity index is 2.26. The first-order valence-electron chi connectivity index (χ1n) is 5.92. The van der Waals surface area contributed by atoms with Gasteiger partial charge < -0.3 is 4.74 Å². The molecule has 2 aromatic rings. The summed E-state index contributed by atoms with van der Waals surface area (Å²) >= 11 is 5.79. The molecule has 1 aliphatic rings. The largest absolute Gasteiger partial charge is 0.468 e. The summed E-state index contributed by atoms with van der Waals surface area (Å²) < 4.78 is 18.7. The Bertz CT molecular complexity index is 682. The van der Waals surface area contributed by atoms with Gasteiger partial charge in [0.1, 0.15) is 16.5 Å². The molecule has 3 rings (SSSR count). The van der Waals surface area contributed by atoms with Crippen molar-refractivity contribution in [3.05, 3.63) is 40.8 Å². The molecule has 19 heavy (non-hydrogen) atoms. The average molecular weight is 280 g/mol. The predicted molar refractivity (Wildman–Crippen MR) is 69.6 cm³/mol. The maximum Gasteiger partial charge on any atom is 0.316 e. The molecule has 0 bridgehead atoms. The van der Waals surface area contributed by atoms with Crippen molar-refractivity contribution >= 4 is 28.5 Å². The van der Waals surface area contributed by atoms with Crippen molar-refractivity contribution < 1.29 is 13.9 Å². The fraction of sp³-hybridized carbons (Fsp3) is 0.286. The van der Waals surface area contributed by atoms with Crippen LogP contribution in [0.15, 0.2) is 24.3 Å². The highest BCUT2D eigenvalue weighted by Gasteiger charge is 2.53. The third-order valence-corrected chi connectivity index (χ3v) is 3.83. The van der Waals surface area contributed by atoms with Gasteiger partial charge in [-0.05, 0) is 36.6 Å². The van der Waals surface area contributed by atoms with Crippen LogP contribution in [0.1, 0.15) is 18.4 Å². The Morgan fingerprint density at radius 3 is 2.74 bits per heavy atom. The topological polar surface area (TPSA) is 39.2 Å². The van der Waals surface area contributed by atoms with Gasteiger partial charge in [0.05, 0.1) is 12.5 Å². The van der Waals surface area contributed by atoms with E-state index in [1.165, 1.54) is 13.2 Å². The number of benzene rings is 1. The Morgan fingerprint density at radius 1 is 1.37 bits per heavy atom. The summed E-state index contributed by atoms with van der Waals surface area (Å²) in [5.74, 6) is -0.725. The van der Waals surface area contributed by atoms with Crippen LogP contribution >= 0.6 is 11.6 Å². The van der Waals surface area contributed by atoms with Crippen molar-refractivity contribution in [2.24, 2.45) is 0 Å². The number of carbonyl (C=O) groups is 1. The van der Waals surface area contributed by atoms with Gasteiger partial charge in [-0.1, -0.05) is 17.7 Å². The van der Waals surface area contributed by atoms with Crippen LogP contribution in [0.4, 0.5) is 4.39 Å². The fourth-order valence-electron chi connectivity index (χ4n) is 2.48. The van der Waals surface area contributed by atoms with E-state index < -0.39 is 11.2 Å². The third-order valence-electron chi connectivity index (χ3n) is 3.62. The van der Waals surface area contributed by atoms with Gasteiger partial charge in [-0.25, -0.2) is 9.37 Å². The van der Waals surface area contributed by atoms with Gasteiger partial charge in [0.15, 0.2) is 0 Å². The Kier molecular flexibility index (Phi) is 2.71. The maximum absolute atomic E-state index is 13.8. The van der Waals surface area contributed by atoms with Crippen LogP contribution in [0.2, 0.25) is 5.15 Å². The molecular formula is C14H11ClFNO2. The number of halogens is 2. The average Bonchev–Trinajstić information content (AvgIpc) is 3.20. The van der Waals surface area contributed by atoms with E-state index in [1.54, 1.807) is 18.2 Å². The zero-order chi connectivity index (χ0) is 13.6. The Labute approximate surface area is 114 Å². The maximum atomic E-state index is 13.8. The van der Waals surface area contributed by atoms with Crippen molar-refractivity contribution in [1.29, 1.82) is 0 Å². The van der Waals surface area contributed by atoms with Crippen LogP contribution in [0.5, 0.6) is 0 Å². The number of pyridine rings is 1. The van der Waals surface area contributed by atoms with Gasteiger partial charge in [-0.3, -0.25) is 4.79 Å². The van der Waals surface area contributed by atoms with Crippen LogP contribution in [-0.2, 0) is 14.9 Å². The summed E-state index contributed by atoms with van der Waals surface area (Å²) in [6.45, 7) is 0. The van der Waals surface area contributed by atoms with E-state index in [4.69, 9.17) is 16.3 Å². The quantitative estimate of drug-likeness (QED) is 0.626. The van der Waals surface area contributed by atoms with Gasteiger partial charge >= 0.3 is 5.97 Å². The van der Waals surface area contributed by atoms with Gasteiger partial charge in [-0.15, -0.1) is 0 Å². The number of hydrogen-bond acceptors (Lipinski definition) is 3. The highest BCUT2D eigenvalue weighted by atomic mass is 35.5. The van der Waals surface area contributed by atoms with Crippen LogP contribution in [0.3, 0.4) is 0 Å². The molecule has 3 nitrogen and oxygen atoms in total. The molecular weight excluding hydrogens is 269 g/mol. The number of ether oxygens (including phenoxy) is 1. The SMILES string of the molecule is COC(=O)C1(c2ccc(F)c3nc(Cl)ccc23)CC1. The molecule has 1 aliphatic carbocycles. The second-order valence-corrected chi connectivity index (χ2v) is 5.09. The molecule has 98 valence electrons. The highest BCUT2D eigenvalue weighted by Crippen LogP contribution is 2.51. The monoisotopic (exact) mass is 279 g/mol. The molecule has 0 amide bonds. The minimum absolute atomic E-state index is 0.195. The Morgan fingerprint density at radius 2 is 2.11 bits per heavy atom. The van der Waals surface area contributed by atoms with Crippen molar-refractivity contribution in [1.82, 2.24) is 4.98 Å². The van der Waals surface area contributed by atoms with Crippen molar-refractivity contribution in [2.45, 2.75) is 18.3 Å². The first-order valence-corrected chi connectivity index (χ1v) is 6.30. The summed E-state index contributed by atoms with van der Waals surface area (Å²) in [5.41, 5.74) is 0.316. The predicted octanol–water partition coefficient (Wildman–Crippen LogP) is 3.23. The van der Waals surface area contributed by atoms with Gasteiger partial charge in [0.2, 0.25) is 0 Å². The summed E-state index contributed by atoms with van der Waals surface area (Å²) in [5, 5.41) is 0.846. The van der Waals surface area contributed by atoms with Crippen LogP contribution in [0.25, 0.3) is 10.9 Å². The number of aromatic nitrogens is 1. The Hall–Kier alpha value is -1.68. The molecule has 0 aliphatic heterocycles. The van der Waals surface area contributed by atoms with Crippen molar-refractivity contribution in [3.8, 4) is 0 Å². The highest BCUT2D eigenvalue weighted by molar-refractivity contribution is 6.29. The van der Waals surface area contributed by atoms with Gasteiger partial charge in [0.25, 0.3) is 0 Å². The molecule has 0 spiro atoms. The van der Waals surface area contributed by atoms with Gasteiger partial charge in [0, 0.05) is 5.39 Å². The number of fused-ring (bicyclic) bond motifs is 1. The summed E-state index contributed by atoms with van der Waals surface area (Å²) in [6, 6.07) is 6.26. The number of hydrogen-bond donors (Lipinski definition) is 0. The zero-order valence-corrected chi connectivity index (χ0v) is 11.0. The lowest BCUT2D eigenvalue weighted by Gasteiger charge is -2.15. The molecule has 1 heterocycles. The second kappa shape index (κ2) is 4.17. The molecule has 1 aromatic carbocycles. The lowest BCUT2D eigenvalue weighted by Crippen LogP contribution is -2.22. The lowest BCUT2D eigenvalue weighted by atomic mass is 9.92. The van der Waals surface area contributed by atoms with Crippen molar-refractivity contribution in [3.63, 3.8) is 0 Å². The number of nitrogens with zero attached hydrogens (tertiary/aromatic N) is 1. The first-order chi connectivity index (χ1) is 9.08. The zero-order valence-electron chi connectivity index (χ0n) is 10.2. The summed E-state index contributed by atoms with van der Waals surface area (Å²) in [4.78, 5) is 15.9. The molecule has 0 radical (unpaired) electrons. The number of carbonyl (C=O) groups excluding carboxylic acids is 1. The first kappa shape index (κ1) is 12.4. The van der Waals surface area contributed by atoms with E-state index in [9.17, 15) is 9.18 Å². The summed E-state index contributed by atoms with van der Waals surface area (Å²) in [7, 11) is 1.36. The number of rotatable bonds is 2. The third kappa shape index (κ3) is 1.78. The number of methoxy groups -OCH3 is 1. The molecule has 1 aromatic heterocycles. The van der Waals surface area contributed by atoms with Gasteiger partial charge in [-0.2, -0.15) is 0 Å². The molecule has 5 heteroatoms. The van der Waals surface area contributed by atoms with E-state index in [0.717, 1.165) is 5.56 Å². The smallest absolute Gasteiger partial charge is 0.316 e. The standard InChI is InChI=1S/C14H11ClFNO2/c1-19-13(18)14(6-7-14)9-3-4-10(16)12-8(9)2-5-11(15)17-12/h2-5H,6-7H2,1H3.